The summed E-state index contributed by atoms with van der Waals surface area (Å²) < 4.78 is 77.9. The standard InChI is InChI=1S/C28H24F5N3O4/c1-16-24(18-10-6-13-23(40-2)25(18)30)26(37)36(15-22(34-39)17-8-4-3-5-9-17)27(38)35(16)14-19-20(28(31,32)33)11-7-12-21(19)29/h3-13,22,34,39H,14-15H2,1-2H3/t22-/m0/s1. The Balaban J connectivity index is 2.02. The van der Waals surface area contributed by atoms with Crippen molar-refractivity contribution in [2.45, 2.75) is 32.2 Å². The van der Waals surface area contributed by atoms with E-state index in [2.05, 4.69) is 0 Å². The van der Waals surface area contributed by atoms with Gasteiger partial charge in [0.05, 0.1) is 37.4 Å². The number of nitrogens with one attached hydrogen (secondary N) is 1. The largest absolute Gasteiger partial charge is 0.494 e. The molecule has 210 valence electrons. The highest BCUT2D eigenvalue weighted by Gasteiger charge is 2.35. The number of hydrogen-bond donors (Lipinski definition) is 2. The normalized spacial score (nSPS) is 12.4. The van der Waals surface area contributed by atoms with Crippen molar-refractivity contribution in [1.29, 1.82) is 0 Å². The van der Waals surface area contributed by atoms with Crippen molar-refractivity contribution < 1.29 is 31.9 Å². The summed E-state index contributed by atoms with van der Waals surface area (Å²) in [6.07, 6.45) is -4.94. The minimum absolute atomic E-state index is 0.192. The number of rotatable bonds is 8. The van der Waals surface area contributed by atoms with Crippen molar-refractivity contribution in [3.05, 3.63) is 122 Å². The molecule has 3 aromatic carbocycles. The Bertz CT molecular complexity index is 1650. The monoisotopic (exact) mass is 561 g/mol. The lowest BCUT2D eigenvalue weighted by Crippen LogP contribution is -2.44. The average molecular weight is 562 g/mol. The van der Waals surface area contributed by atoms with E-state index >= 15 is 4.39 Å². The molecule has 0 radical (unpaired) electrons. The van der Waals surface area contributed by atoms with Crippen molar-refractivity contribution in [1.82, 2.24) is 14.6 Å². The molecule has 0 aliphatic rings. The van der Waals surface area contributed by atoms with Crippen molar-refractivity contribution in [2.75, 3.05) is 7.11 Å². The molecule has 4 rings (SSSR count). The molecular weight excluding hydrogens is 537 g/mol. The second-order valence-corrected chi connectivity index (χ2v) is 8.92. The summed E-state index contributed by atoms with van der Waals surface area (Å²) >= 11 is 0. The lowest BCUT2D eigenvalue weighted by atomic mass is 10.0. The number of alkyl halides is 3. The second-order valence-electron chi connectivity index (χ2n) is 8.92. The van der Waals surface area contributed by atoms with Gasteiger partial charge in [-0.15, -0.1) is 0 Å². The Morgan fingerprint density at radius 3 is 2.25 bits per heavy atom. The Morgan fingerprint density at radius 1 is 0.950 bits per heavy atom. The van der Waals surface area contributed by atoms with Gasteiger partial charge in [-0.25, -0.2) is 13.6 Å². The highest BCUT2D eigenvalue weighted by molar-refractivity contribution is 5.67. The Morgan fingerprint density at radius 2 is 1.62 bits per heavy atom. The van der Waals surface area contributed by atoms with Gasteiger partial charge in [0, 0.05) is 16.8 Å². The number of aromatic nitrogens is 2. The lowest BCUT2D eigenvalue weighted by molar-refractivity contribution is -0.138. The van der Waals surface area contributed by atoms with Gasteiger partial charge in [-0.05, 0) is 30.7 Å². The zero-order valence-corrected chi connectivity index (χ0v) is 21.3. The van der Waals surface area contributed by atoms with Crippen LogP contribution in [-0.4, -0.2) is 21.5 Å². The van der Waals surface area contributed by atoms with E-state index in [0.717, 1.165) is 16.7 Å². The van der Waals surface area contributed by atoms with E-state index in [9.17, 15) is 32.4 Å². The molecular formula is C28H24F5N3O4. The zero-order chi connectivity index (χ0) is 29.2. The fourth-order valence-electron chi connectivity index (χ4n) is 4.55. The van der Waals surface area contributed by atoms with E-state index in [1.54, 1.807) is 30.3 Å². The SMILES string of the molecule is COc1cccc(-c2c(C)n(Cc3c(F)cccc3C(F)(F)F)c(=O)n(C[C@H](NO)c3ccccc3)c2=O)c1F. The predicted octanol–water partition coefficient (Wildman–Crippen LogP) is 5.06. The molecule has 1 heterocycles. The maximum absolute atomic E-state index is 15.4. The second kappa shape index (κ2) is 11.4. The third-order valence-electron chi connectivity index (χ3n) is 6.60. The van der Waals surface area contributed by atoms with Crippen LogP contribution in [0.2, 0.25) is 0 Å². The van der Waals surface area contributed by atoms with Gasteiger partial charge in [0.15, 0.2) is 11.6 Å². The maximum atomic E-state index is 15.4. The van der Waals surface area contributed by atoms with Gasteiger partial charge in [0.2, 0.25) is 0 Å². The first-order valence-corrected chi connectivity index (χ1v) is 12.0. The molecule has 0 saturated carbocycles. The summed E-state index contributed by atoms with van der Waals surface area (Å²) in [5.41, 5.74) is -2.49. The molecule has 0 amide bonds. The predicted molar refractivity (Wildman–Crippen MR) is 136 cm³/mol. The number of hydroxylamine groups is 1. The number of methoxy groups -OCH3 is 1. The summed E-state index contributed by atoms with van der Waals surface area (Å²) in [4.78, 5) is 27.4. The molecule has 0 unspecified atom stereocenters. The summed E-state index contributed by atoms with van der Waals surface area (Å²) in [6, 6.07) is 13.6. The van der Waals surface area contributed by atoms with Crippen LogP contribution in [0.3, 0.4) is 0 Å². The molecule has 1 aromatic heterocycles. The summed E-state index contributed by atoms with van der Waals surface area (Å²) in [6.45, 7) is -0.136. The highest BCUT2D eigenvalue weighted by atomic mass is 19.4. The first-order chi connectivity index (χ1) is 19.0. The van der Waals surface area contributed by atoms with Crippen LogP contribution in [0.4, 0.5) is 22.0 Å². The minimum Gasteiger partial charge on any atom is -0.494 e. The van der Waals surface area contributed by atoms with Gasteiger partial charge in [-0.3, -0.25) is 13.9 Å². The van der Waals surface area contributed by atoms with E-state index in [0.29, 0.717) is 16.2 Å². The van der Waals surface area contributed by atoms with E-state index in [1.807, 2.05) is 5.48 Å². The number of nitrogens with zero attached hydrogens (tertiary/aromatic N) is 2. The van der Waals surface area contributed by atoms with Crippen LogP contribution >= 0.6 is 0 Å². The molecule has 0 fully saturated rings. The molecule has 40 heavy (non-hydrogen) atoms. The van der Waals surface area contributed by atoms with Gasteiger partial charge >= 0.3 is 11.9 Å². The summed E-state index contributed by atoms with van der Waals surface area (Å²) in [7, 11) is 1.21. The maximum Gasteiger partial charge on any atom is 0.416 e. The Kier molecular flexibility index (Phi) is 8.21. The average Bonchev–Trinajstić information content (AvgIpc) is 2.92. The zero-order valence-electron chi connectivity index (χ0n) is 21.3. The van der Waals surface area contributed by atoms with Crippen LogP contribution in [0.15, 0.2) is 76.3 Å². The highest BCUT2D eigenvalue weighted by Crippen LogP contribution is 2.34. The van der Waals surface area contributed by atoms with E-state index in [-0.39, 0.29) is 22.6 Å². The third-order valence-corrected chi connectivity index (χ3v) is 6.60. The molecule has 0 saturated heterocycles. The van der Waals surface area contributed by atoms with E-state index in [4.69, 9.17) is 4.74 Å². The first kappa shape index (κ1) is 28.7. The lowest BCUT2D eigenvalue weighted by Gasteiger charge is -2.22. The molecule has 7 nitrogen and oxygen atoms in total. The molecule has 2 N–H and O–H groups in total. The number of halogens is 5. The fourth-order valence-corrected chi connectivity index (χ4v) is 4.55. The molecule has 0 spiro atoms. The molecule has 0 bridgehead atoms. The topological polar surface area (TPSA) is 85.5 Å². The van der Waals surface area contributed by atoms with Crippen LogP contribution in [0, 0.1) is 18.6 Å². The quantitative estimate of drug-likeness (QED) is 0.232. The first-order valence-electron chi connectivity index (χ1n) is 12.0. The molecule has 12 heteroatoms. The Labute approximate surface area is 224 Å². The van der Waals surface area contributed by atoms with Crippen molar-refractivity contribution in [2.24, 2.45) is 0 Å². The molecule has 0 aliphatic carbocycles. The van der Waals surface area contributed by atoms with Gasteiger partial charge in [0.1, 0.15) is 5.82 Å². The Hall–Kier alpha value is -4.29. The van der Waals surface area contributed by atoms with Crippen molar-refractivity contribution in [3.63, 3.8) is 0 Å². The van der Waals surface area contributed by atoms with Gasteiger partial charge in [-0.2, -0.15) is 18.7 Å². The van der Waals surface area contributed by atoms with E-state index in [1.165, 1.54) is 32.2 Å². The van der Waals surface area contributed by atoms with Crippen LogP contribution in [0.25, 0.3) is 11.1 Å². The van der Waals surface area contributed by atoms with Gasteiger partial charge < -0.3 is 9.94 Å². The van der Waals surface area contributed by atoms with Crippen LogP contribution in [-0.2, 0) is 19.3 Å². The molecule has 4 aromatic rings. The minimum atomic E-state index is -4.94. The number of ether oxygens (including phenoxy) is 1. The summed E-state index contributed by atoms with van der Waals surface area (Å²) in [5.74, 6) is -2.37. The third kappa shape index (κ3) is 5.40. The smallest absolute Gasteiger partial charge is 0.416 e. The number of hydrogen-bond acceptors (Lipinski definition) is 5. The van der Waals surface area contributed by atoms with E-state index < -0.39 is 59.3 Å². The van der Waals surface area contributed by atoms with Gasteiger partial charge in [0.25, 0.3) is 5.56 Å². The van der Waals surface area contributed by atoms with Crippen molar-refractivity contribution in [3.8, 4) is 16.9 Å². The summed E-state index contributed by atoms with van der Waals surface area (Å²) in [5, 5.41) is 9.82. The van der Waals surface area contributed by atoms with Crippen LogP contribution in [0.5, 0.6) is 5.75 Å². The molecule has 1 atom stereocenters. The van der Waals surface area contributed by atoms with Crippen molar-refractivity contribution >= 4 is 0 Å². The fraction of sp³-hybridized carbons (Fsp3) is 0.214. The number of benzene rings is 3. The van der Waals surface area contributed by atoms with Crippen LogP contribution in [0.1, 0.15) is 28.4 Å². The molecule has 0 aliphatic heterocycles. The van der Waals surface area contributed by atoms with Gasteiger partial charge in [-0.1, -0.05) is 48.5 Å². The van der Waals surface area contributed by atoms with Crippen LogP contribution < -0.4 is 21.5 Å².